The van der Waals surface area contributed by atoms with Crippen molar-refractivity contribution in [3.05, 3.63) is 57.1 Å². The third-order valence-corrected chi connectivity index (χ3v) is 4.66. The van der Waals surface area contributed by atoms with E-state index in [1.54, 1.807) is 0 Å². The first kappa shape index (κ1) is 23.9. The molecular weight excluding hydrogens is 428 g/mol. The maximum atomic E-state index is 12.3. The van der Waals surface area contributed by atoms with Gasteiger partial charge in [-0.15, -0.1) is 0 Å². The normalized spacial score (nSPS) is 10.5. The number of hydrogen-bond acceptors (Lipinski definition) is 7. The van der Waals surface area contributed by atoms with Gasteiger partial charge < -0.3 is 19.5 Å². The van der Waals surface area contributed by atoms with Crippen molar-refractivity contribution in [3.63, 3.8) is 0 Å². The lowest BCUT2D eigenvalue weighted by Gasteiger charge is -2.15. The quantitative estimate of drug-likeness (QED) is 0.321. The minimum Gasteiger partial charge on any atom is -0.493 e. The Bertz CT molecular complexity index is 961. The van der Waals surface area contributed by atoms with E-state index in [-0.39, 0.29) is 45.5 Å². The van der Waals surface area contributed by atoms with Crippen LogP contribution >= 0.6 is 11.6 Å². The smallest absolute Gasteiger partial charge is 0.338 e. The molecule has 0 heterocycles. The number of rotatable bonds is 10. The van der Waals surface area contributed by atoms with E-state index < -0.39 is 17.5 Å². The molecule has 0 aliphatic carbocycles. The van der Waals surface area contributed by atoms with Crippen LogP contribution in [-0.2, 0) is 9.53 Å². The molecule has 1 N–H and O–H groups in total. The maximum Gasteiger partial charge on any atom is 0.338 e. The Labute approximate surface area is 184 Å². The minimum atomic E-state index is -0.720. The second kappa shape index (κ2) is 11.2. The number of halogens is 1. The molecule has 0 aromatic heterocycles. The molecule has 0 atom stereocenters. The van der Waals surface area contributed by atoms with Crippen LogP contribution in [0.4, 0.5) is 5.69 Å². The molecule has 0 spiro atoms. The molecule has 9 nitrogen and oxygen atoms in total. The zero-order chi connectivity index (χ0) is 23.0. The molecule has 0 radical (unpaired) electrons. The fourth-order valence-corrected chi connectivity index (χ4v) is 2.86. The van der Waals surface area contributed by atoms with Gasteiger partial charge in [0.15, 0.2) is 18.1 Å². The van der Waals surface area contributed by atoms with Crippen LogP contribution in [-0.4, -0.2) is 36.6 Å². The average Bonchev–Trinajstić information content (AvgIpc) is 2.76. The molecule has 0 saturated heterocycles. The number of nitrogens with one attached hydrogen (secondary N) is 1. The van der Waals surface area contributed by atoms with Gasteiger partial charge in [-0.1, -0.05) is 25.4 Å². The fraction of sp³-hybridized carbons (Fsp3) is 0.333. The van der Waals surface area contributed by atoms with Crippen LogP contribution in [0.25, 0.3) is 0 Å². The predicted molar refractivity (Wildman–Crippen MR) is 114 cm³/mol. The fourth-order valence-electron chi connectivity index (χ4n) is 2.69. The second-order valence-electron chi connectivity index (χ2n) is 6.49. The van der Waals surface area contributed by atoms with Crippen molar-refractivity contribution in [2.75, 3.05) is 13.7 Å². The van der Waals surface area contributed by atoms with Crippen LogP contribution in [0.5, 0.6) is 17.2 Å². The zero-order valence-electron chi connectivity index (χ0n) is 17.3. The lowest BCUT2D eigenvalue weighted by molar-refractivity contribution is -0.385. The summed E-state index contributed by atoms with van der Waals surface area (Å²) < 4.78 is 15.9. The third kappa shape index (κ3) is 6.58. The van der Waals surface area contributed by atoms with Crippen molar-refractivity contribution in [2.24, 2.45) is 0 Å². The summed E-state index contributed by atoms with van der Waals surface area (Å²) in [5.41, 5.74) is -0.188. The second-order valence-corrected chi connectivity index (χ2v) is 6.93. The molecule has 2 aromatic carbocycles. The lowest BCUT2D eigenvalue weighted by Crippen LogP contribution is -2.36. The van der Waals surface area contributed by atoms with Crippen LogP contribution in [0.1, 0.15) is 37.0 Å². The van der Waals surface area contributed by atoms with E-state index >= 15 is 0 Å². The molecule has 2 rings (SSSR count). The molecule has 10 heteroatoms. The number of nitro groups is 1. The Morgan fingerprint density at radius 2 is 1.77 bits per heavy atom. The Hall–Kier alpha value is -3.33. The number of carbonyl (C=O) groups excluding carboxylic acids is 2. The number of ether oxygens (including phenoxy) is 3. The van der Waals surface area contributed by atoms with Crippen LogP contribution in [0.3, 0.4) is 0 Å². The Balaban J connectivity index is 2.12. The van der Waals surface area contributed by atoms with Crippen LogP contribution in [0.2, 0.25) is 5.02 Å². The summed E-state index contributed by atoms with van der Waals surface area (Å²) in [7, 11) is 1.36. The molecular formula is C21H23ClN2O7. The van der Waals surface area contributed by atoms with Crippen LogP contribution in [0.15, 0.2) is 36.4 Å². The van der Waals surface area contributed by atoms with Gasteiger partial charge in [-0.2, -0.15) is 0 Å². The molecule has 31 heavy (non-hydrogen) atoms. The first-order valence-corrected chi connectivity index (χ1v) is 9.93. The highest BCUT2D eigenvalue weighted by molar-refractivity contribution is 6.30. The molecule has 0 aliphatic rings. The van der Waals surface area contributed by atoms with E-state index in [1.807, 2.05) is 13.8 Å². The van der Waals surface area contributed by atoms with Gasteiger partial charge in [0.25, 0.3) is 5.91 Å². The third-order valence-electron chi connectivity index (χ3n) is 4.42. The van der Waals surface area contributed by atoms with E-state index in [4.69, 9.17) is 25.8 Å². The lowest BCUT2D eigenvalue weighted by atomic mass is 10.2. The molecule has 166 valence electrons. The Kier molecular flexibility index (Phi) is 8.63. The van der Waals surface area contributed by atoms with E-state index in [1.165, 1.54) is 43.5 Å². The van der Waals surface area contributed by atoms with Crippen molar-refractivity contribution < 1.29 is 28.7 Å². The SMILES string of the molecule is CCC(CC)NC(=O)COC(=O)c1ccc(Oc2ccc(Cl)cc2[N+](=O)[O-])c(OC)c1. The van der Waals surface area contributed by atoms with Gasteiger partial charge in [-0.05, 0) is 43.2 Å². The predicted octanol–water partition coefficient (Wildman–Crippen LogP) is 4.51. The van der Waals surface area contributed by atoms with Crippen molar-refractivity contribution in [2.45, 2.75) is 32.7 Å². The molecule has 0 aliphatic heterocycles. The van der Waals surface area contributed by atoms with E-state index in [9.17, 15) is 19.7 Å². The number of carbonyl (C=O) groups is 2. The average molecular weight is 451 g/mol. The largest absolute Gasteiger partial charge is 0.493 e. The van der Waals surface area contributed by atoms with Crippen molar-refractivity contribution >= 4 is 29.2 Å². The Morgan fingerprint density at radius 3 is 2.39 bits per heavy atom. The minimum absolute atomic E-state index is 0.0275. The first-order chi connectivity index (χ1) is 14.8. The highest BCUT2D eigenvalue weighted by atomic mass is 35.5. The van der Waals surface area contributed by atoms with Gasteiger partial charge in [0.1, 0.15) is 0 Å². The highest BCUT2D eigenvalue weighted by Crippen LogP contribution is 2.37. The van der Waals surface area contributed by atoms with Gasteiger partial charge in [-0.25, -0.2) is 4.79 Å². The van der Waals surface area contributed by atoms with Gasteiger partial charge in [0, 0.05) is 17.1 Å². The summed E-state index contributed by atoms with van der Waals surface area (Å²) in [5.74, 6) is -0.844. The summed E-state index contributed by atoms with van der Waals surface area (Å²) in [6, 6.07) is 8.19. The van der Waals surface area contributed by atoms with Gasteiger partial charge in [0.2, 0.25) is 5.75 Å². The number of esters is 1. The molecule has 2 aromatic rings. The molecule has 1 amide bonds. The topological polar surface area (TPSA) is 117 Å². The number of hydrogen-bond donors (Lipinski definition) is 1. The number of nitrogens with zero attached hydrogens (tertiary/aromatic N) is 1. The highest BCUT2D eigenvalue weighted by Gasteiger charge is 2.20. The molecule has 0 bridgehead atoms. The number of amides is 1. The number of methoxy groups -OCH3 is 1. The summed E-state index contributed by atoms with van der Waals surface area (Å²) in [6.07, 6.45) is 1.56. The molecule has 0 saturated carbocycles. The standard InChI is InChI=1S/C21H23ClN2O7/c1-4-15(5-2)23-20(25)12-30-21(26)13-6-8-18(19(10-13)29-3)31-17-9-7-14(22)11-16(17)24(27)28/h6-11,15H,4-5,12H2,1-3H3,(H,23,25). The maximum absolute atomic E-state index is 12.3. The first-order valence-electron chi connectivity index (χ1n) is 9.55. The van der Waals surface area contributed by atoms with Crippen molar-refractivity contribution in [3.8, 4) is 17.2 Å². The Morgan fingerprint density at radius 1 is 1.10 bits per heavy atom. The molecule has 0 fully saturated rings. The van der Waals surface area contributed by atoms with Crippen molar-refractivity contribution in [1.82, 2.24) is 5.32 Å². The van der Waals surface area contributed by atoms with Gasteiger partial charge in [0.05, 0.1) is 17.6 Å². The van der Waals surface area contributed by atoms with Crippen LogP contribution < -0.4 is 14.8 Å². The van der Waals surface area contributed by atoms with E-state index in [0.29, 0.717) is 0 Å². The molecule has 0 unspecified atom stereocenters. The summed E-state index contributed by atoms with van der Waals surface area (Å²) in [6.45, 7) is 3.50. The van der Waals surface area contributed by atoms with Crippen LogP contribution in [0, 0.1) is 10.1 Å². The number of benzene rings is 2. The number of nitro benzene ring substituents is 1. The summed E-state index contributed by atoms with van der Waals surface area (Å²) in [5, 5.41) is 14.2. The summed E-state index contributed by atoms with van der Waals surface area (Å²) in [4.78, 5) is 34.8. The van der Waals surface area contributed by atoms with Crippen molar-refractivity contribution in [1.29, 1.82) is 0 Å². The monoisotopic (exact) mass is 450 g/mol. The summed E-state index contributed by atoms with van der Waals surface area (Å²) >= 11 is 5.81. The van der Waals surface area contributed by atoms with E-state index in [0.717, 1.165) is 12.8 Å². The zero-order valence-corrected chi connectivity index (χ0v) is 18.1. The van der Waals surface area contributed by atoms with E-state index in [2.05, 4.69) is 5.32 Å². The van der Waals surface area contributed by atoms with Gasteiger partial charge in [-0.3, -0.25) is 14.9 Å². The van der Waals surface area contributed by atoms with Gasteiger partial charge >= 0.3 is 11.7 Å².